The first-order valence-corrected chi connectivity index (χ1v) is 7.76. The Bertz CT molecular complexity index is 417. The quantitative estimate of drug-likeness (QED) is 0.859. The zero-order chi connectivity index (χ0) is 13.7. The topological polar surface area (TPSA) is 30.5 Å². The molecule has 0 aliphatic heterocycles. The van der Waals surface area contributed by atoms with Crippen LogP contribution in [0.2, 0.25) is 0 Å². The van der Waals surface area contributed by atoms with Gasteiger partial charge >= 0.3 is 0 Å². The van der Waals surface area contributed by atoms with Crippen LogP contribution in [0.15, 0.2) is 16.6 Å². The largest absolute Gasteiger partial charge is 0.492 e. The molecule has 1 saturated carbocycles. The number of halogens is 1. The fourth-order valence-electron chi connectivity index (χ4n) is 2.58. The van der Waals surface area contributed by atoms with E-state index in [1.807, 2.05) is 6.92 Å². The van der Waals surface area contributed by atoms with Gasteiger partial charge in [0.15, 0.2) is 11.5 Å². The molecule has 1 aliphatic rings. The molecule has 3 nitrogen and oxygen atoms in total. The number of benzene rings is 1. The Balaban J connectivity index is 2.07. The van der Waals surface area contributed by atoms with E-state index in [-0.39, 0.29) is 0 Å². The molecule has 0 unspecified atom stereocenters. The summed E-state index contributed by atoms with van der Waals surface area (Å²) in [5.74, 6) is 1.58. The van der Waals surface area contributed by atoms with Crippen LogP contribution in [-0.4, -0.2) is 19.8 Å². The first kappa shape index (κ1) is 14.7. The van der Waals surface area contributed by atoms with Crippen molar-refractivity contribution in [2.75, 3.05) is 13.7 Å². The fraction of sp³-hybridized carbons (Fsp3) is 0.600. The minimum Gasteiger partial charge on any atom is -0.492 e. The minimum absolute atomic E-state index is 0.641. The summed E-state index contributed by atoms with van der Waals surface area (Å²) in [5, 5.41) is 3.61. The molecule has 2 rings (SSSR count). The molecule has 0 bridgehead atoms. The maximum atomic E-state index is 5.64. The van der Waals surface area contributed by atoms with Crippen molar-refractivity contribution >= 4 is 15.9 Å². The number of methoxy groups -OCH3 is 1. The van der Waals surface area contributed by atoms with Gasteiger partial charge in [0.25, 0.3) is 0 Å². The molecule has 0 heterocycles. The number of ether oxygens (including phenoxy) is 2. The normalized spacial score (nSPS) is 15.7. The van der Waals surface area contributed by atoms with Crippen molar-refractivity contribution in [1.82, 2.24) is 5.32 Å². The van der Waals surface area contributed by atoms with E-state index in [9.17, 15) is 0 Å². The molecule has 106 valence electrons. The van der Waals surface area contributed by atoms with E-state index in [4.69, 9.17) is 9.47 Å². The average molecular weight is 328 g/mol. The third-order valence-corrected chi connectivity index (χ3v) is 4.11. The molecule has 1 N–H and O–H groups in total. The number of hydrogen-bond donors (Lipinski definition) is 1. The molecule has 19 heavy (non-hydrogen) atoms. The van der Waals surface area contributed by atoms with Crippen LogP contribution >= 0.6 is 15.9 Å². The minimum atomic E-state index is 0.641. The van der Waals surface area contributed by atoms with E-state index in [1.54, 1.807) is 7.11 Å². The number of hydrogen-bond acceptors (Lipinski definition) is 3. The standard InChI is InChI=1S/C15H22BrNO2/c1-3-19-14-9-11(8-13(16)15(14)18-2)10-17-12-6-4-5-7-12/h8-9,12,17H,3-7,10H2,1-2H3. The molecule has 1 aliphatic carbocycles. The van der Waals surface area contributed by atoms with Crippen molar-refractivity contribution in [2.24, 2.45) is 0 Å². The molecule has 1 aromatic carbocycles. The molecule has 1 aromatic rings. The van der Waals surface area contributed by atoms with Crippen LogP contribution in [0.3, 0.4) is 0 Å². The Hall–Kier alpha value is -0.740. The molecule has 0 radical (unpaired) electrons. The maximum Gasteiger partial charge on any atom is 0.174 e. The lowest BCUT2D eigenvalue weighted by Gasteiger charge is -2.15. The highest BCUT2D eigenvalue weighted by Gasteiger charge is 2.15. The van der Waals surface area contributed by atoms with Crippen LogP contribution in [0, 0.1) is 0 Å². The first-order valence-electron chi connectivity index (χ1n) is 6.97. The van der Waals surface area contributed by atoms with Crippen molar-refractivity contribution in [3.8, 4) is 11.5 Å². The SMILES string of the molecule is CCOc1cc(CNC2CCCC2)cc(Br)c1OC. The van der Waals surface area contributed by atoms with Crippen molar-refractivity contribution in [3.63, 3.8) is 0 Å². The van der Waals surface area contributed by atoms with Crippen molar-refractivity contribution in [1.29, 1.82) is 0 Å². The molecule has 1 fully saturated rings. The van der Waals surface area contributed by atoms with Crippen molar-refractivity contribution in [3.05, 3.63) is 22.2 Å². The van der Waals surface area contributed by atoms with Gasteiger partial charge in [-0.3, -0.25) is 0 Å². The van der Waals surface area contributed by atoms with Gasteiger partial charge in [0.2, 0.25) is 0 Å². The zero-order valence-corrected chi connectivity index (χ0v) is 13.3. The van der Waals surface area contributed by atoms with Crippen LogP contribution in [-0.2, 0) is 6.54 Å². The fourth-order valence-corrected chi connectivity index (χ4v) is 3.23. The second kappa shape index (κ2) is 7.15. The Morgan fingerprint density at radius 2 is 2.05 bits per heavy atom. The van der Waals surface area contributed by atoms with Crippen molar-refractivity contribution < 1.29 is 9.47 Å². The van der Waals surface area contributed by atoms with Gasteiger partial charge in [-0.25, -0.2) is 0 Å². The zero-order valence-electron chi connectivity index (χ0n) is 11.7. The highest BCUT2D eigenvalue weighted by molar-refractivity contribution is 9.10. The molecule has 0 aromatic heterocycles. The molecule has 0 amide bonds. The number of nitrogens with one attached hydrogen (secondary N) is 1. The third kappa shape index (κ3) is 3.86. The Kier molecular flexibility index (Phi) is 5.52. The predicted molar refractivity (Wildman–Crippen MR) is 81.0 cm³/mol. The van der Waals surface area contributed by atoms with E-state index in [0.29, 0.717) is 12.6 Å². The second-order valence-corrected chi connectivity index (χ2v) is 5.76. The maximum absolute atomic E-state index is 5.64. The highest BCUT2D eigenvalue weighted by atomic mass is 79.9. The summed E-state index contributed by atoms with van der Waals surface area (Å²) >= 11 is 3.55. The summed E-state index contributed by atoms with van der Waals surface area (Å²) in [7, 11) is 1.67. The molecular formula is C15H22BrNO2. The van der Waals surface area contributed by atoms with Gasteiger partial charge in [-0.15, -0.1) is 0 Å². The van der Waals surface area contributed by atoms with E-state index in [2.05, 4.69) is 33.4 Å². The van der Waals surface area contributed by atoms with Crippen molar-refractivity contribution in [2.45, 2.75) is 45.2 Å². The lowest BCUT2D eigenvalue weighted by atomic mass is 10.1. The van der Waals surface area contributed by atoms with Gasteiger partial charge in [-0.05, 0) is 53.4 Å². The highest BCUT2D eigenvalue weighted by Crippen LogP contribution is 2.36. The van der Waals surface area contributed by atoms with E-state index < -0.39 is 0 Å². The van der Waals surface area contributed by atoms with Gasteiger partial charge in [0.1, 0.15) is 0 Å². The summed E-state index contributed by atoms with van der Waals surface area (Å²) in [6.07, 6.45) is 5.31. The van der Waals surface area contributed by atoms with E-state index in [0.717, 1.165) is 22.5 Å². The Morgan fingerprint density at radius 1 is 1.32 bits per heavy atom. The van der Waals surface area contributed by atoms with Crippen LogP contribution < -0.4 is 14.8 Å². The van der Waals surface area contributed by atoms with Gasteiger partial charge in [0.05, 0.1) is 18.2 Å². The lowest BCUT2D eigenvalue weighted by Crippen LogP contribution is -2.25. The summed E-state index contributed by atoms with van der Waals surface area (Å²) in [5.41, 5.74) is 1.23. The molecular weight excluding hydrogens is 306 g/mol. The molecule has 0 spiro atoms. The molecule has 0 atom stereocenters. The average Bonchev–Trinajstić information content (AvgIpc) is 2.90. The van der Waals surface area contributed by atoms with Crippen LogP contribution in [0.25, 0.3) is 0 Å². The summed E-state index contributed by atoms with van der Waals surface area (Å²) in [4.78, 5) is 0. The second-order valence-electron chi connectivity index (χ2n) is 4.90. The monoisotopic (exact) mass is 327 g/mol. The van der Waals surface area contributed by atoms with Gasteiger partial charge in [-0.2, -0.15) is 0 Å². The third-order valence-electron chi connectivity index (χ3n) is 3.52. The lowest BCUT2D eigenvalue weighted by molar-refractivity contribution is 0.309. The molecule has 4 heteroatoms. The predicted octanol–water partition coefficient (Wildman–Crippen LogP) is 3.89. The summed E-state index contributed by atoms with van der Waals surface area (Å²) < 4.78 is 12.0. The Morgan fingerprint density at radius 3 is 2.68 bits per heavy atom. The van der Waals surface area contributed by atoms with Gasteiger partial charge in [0, 0.05) is 12.6 Å². The molecule has 0 saturated heterocycles. The number of rotatable bonds is 6. The first-order chi connectivity index (χ1) is 9.24. The smallest absolute Gasteiger partial charge is 0.174 e. The van der Waals surface area contributed by atoms with E-state index >= 15 is 0 Å². The summed E-state index contributed by atoms with van der Waals surface area (Å²) in [6, 6.07) is 4.84. The Labute approximate surface area is 123 Å². The van der Waals surface area contributed by atoms with Crippen LogP contribution in [0.4, 0.5) is 0 Å². The van der Waals surface area contributed by atoms with E-state index in [1.165, 1.54) is 31.2 Å². The van der Waals surface area contributed by atoms with Gasteiger partial charge in [-0.1, -0.05) is 12.8 Å². The van der Waals surface area contributed by atoms with Crippen LogP contribution in [0.1, 0.15) is 38.2 Å². The summed E-state index contributed by atoms with van der Waals surface area (Å²) in [6.45, 7) is 3.51. The van der Waals surface area contributed by atoms with Gasteiger partial charge < -0.3 is 14.8 Å². The van der Waals surface area contributed by atoms with Crippen LogP contribution in [0.5, 0.6) is 11.5 Å².